The average molecular weight is 730 g/mol. The fraction of sp³-hybridized carbons (Fsp3) is 0.412. The van der Waals surface area contributed by atoms with Gasteiger partial charge in [-0.15, -0.1) is 0 Å². The van der Waals surface area contributed by atoms with Gasteiger partial charge in [-0.2, -0.15) is 9.97 Å². The van der Waals surface area contributed by atoms with Crippen molar-refractivity contribution in [2.24, 2.45) is 11.8 Å². The van der Waals surface area contributed by atoms with Gasteiger partial charge in [-0.1, -0.05) is 53.1 Å². The lowest BCUT2D eigenvalue weighted by atomic mass is 9.86. The molecule has 0 spiro atoms. The molecule has 4 aromatic rings. The van der Waals surface area contributed by atoms with Crippen LogP contribution in [-0.4, -0.2) is 55.4 Å². The largest absolute Gasteiger partial charge is 0.396 e. The topological polar surface area (TPSA) is 168 Å². The maximum absolute atomic E-state index is 9.40. The number of nitrogen functional groups attached to an aromatic ring is 2. The molecule has 2 aromatic heterocycles. The van der Waals surface area contributed by atoms with Crippen LogP contribution in [0.25, 0.3) is 0 Å². The lowest BCUT2D eigenvalue weighted by Crippen LogP contribution is -2.29. The highest BCUT2D eigenvalue weighted by Crippen LogP contribution is 2.36. The Morgan fingerprint density at radius 3 is 1.60 bits per heavy atom. The van der Waals surface area contributed by atoms with Crippen molar-refractivity contribution >= 4 is 70.3 Å². The van der Waals surface area contributed by atoms with Gasteiger partial charge < -0.3 is 32.3 Å². The summed E-state index contributed by atoms with van der Waals surface area (Å²) in [5.74, 6) is 2.85. The number of aliphatic hydroxyl groups is 2. The normalized spacial score (nSPS) is 20.8. The highest BCUT2D eigenvalue weighted by molar-refractivity contribution is 7.99. The van der Waals surface area contributed by atoms with E-state index in [-0.39, 0.29) is 25.1 Å². The lowest BCUT2D eigenvalue weighted by molar-refractivity contribution is 0.184. The van der Waals surface area contributed by atoms with Crippen molar-refractivity contribution in [3.63, 3.8) is 0 Å². The minimum Gasteiger partial charge on any atom is -0.396 e. The Morgan fingerprint density at radius 2 is 1.12 bits per heavy atom. The molecule has 6 rings (SSSR count). The van der Waals surface area contributed by atoms with Crippen molar-refractivity contribution in [2.45, 2.75) is 83.0 Å². The Balaban J connectivity index is 0.000000188. The summed E-state index contributed by atoms with van der Waals surface area (Å²) in [6.45, 7) is 0.529. The monoisotopic (exact) mass is 728 g/mol. The number of benzene rings is 2. The molecule has 2 fully saturated rings. The molecule has 0 amide bonds. The average Bonchev–Trinajstić information content (AvgIpc) is 3.10. The molecule has 2 aliphatic rings. The third kappa shape index (κ3) is 11.0. The summed E-state index contributed by atoms with van der Waals surface area (Å²) in [4.78, 5) is 21.0. The molecule has 48 heavy (non-hydrogen) atoms. The molecule has 0 saturated heterocycles. The summed E-state index contributed by atoms with van der Waals surface area (Å²) in [7, 11) is 0. The molecule has 2 saturated carbocycles. The third-order valence-electron chi connectivity index (χ3n) is 8.46. The quantitative estimate of drug-likeness (QED) is 0.0945. The van der Waals surface area contributed by atoms with E-state index in [9.17, 15) is 10.2 Å². The molecule has 2 aliphatic carbocycles. The molecule has 0 bridgehead atoms. The van der Waals surface area contributed by atoms with Gasteiger partial charge in [0.25, 0.3) is 0 Å². The van der Waals surface area contributed by atoms with E-state index in [4.69, 9.17) is 34.7 Å². The van der Waals surface area contributed by atoms with Gasteiger partial charge in [0.2, 0.25) is 11.9 Å². The van der Waals surface area contributed by atoms with E-state index >= 15 is 0 Å². The Labute approximate surface area is 300 Å². The Morgan fingerprint density at radius 1 is 0.646 bits per heavy atom. The van der Waals surface area contributed by atoms with E-state index in [2.05, 4.69) is 30.6 Å². The summed E-state index contributed by atoms with van der Waals surface area (Å²) < 4.78 is 0. The van der Waals surface area contributed by atoms with E-state index in [1.165, 1.54) is 0 Å². The minimum atomic E-state index is 0.247. The third-order valence-corrected chi connectivity index (χ3v) is 11.0. The number of hydrogen-bond acceptors (Lipinski definition) is 12. The Bertz CT molecular complexity index is 1600. The fourth-order valence-electron chi connectivity index (χ4n) is 5.85. The number of anilines is 4. The van der Waals surface area contributed by atoms with Crippen LogP contribution in [0.15, 0.2) is 80.5 Å². The van der Waals surface area contributed by atoms with E-state index in [0.29, 0.717) is 34.0 Å². The maximum Gasteiger partial charge on any atom is 0.221 e. The Kier molecular flexibility index (Phi) is 13.7. The summed E-state index contributed by atoms with van der Waals surface area (Å²) in [5, 5.41) is 27.1. The molecule has 14 heteroatoms. The number of halogens is 2. The molecule has 8 N–H and O–H groups in total. The van der Waals surface area contributed by atoms with Crippen LogP contribution >= 0.6 is 46.7 Å². The molecular formula is C34H42Cl2N8O2S2. The first-order valence-corrected chi connectivity index (χ1v) is 18.5. The van der Waals surface area contributed by atoms with Crippen molar-refractivity contribution in [1.29, 1.82) is 0 Å². The highest BCUT2D eigenvalue weighted by atomic mass is 35.5. The van der Waals surface area contributed by atoms with Crippen LogP contribution in [0.3, 0.4) is 0 Å². The number of aromatic nitrogens is 4. The first kappa shape index (κ1) is 36.3. The summed E-state index contributed by atoms with van der Waals surface area (Å²) >= 11 is 15.0. The zero-order valence-electron chi connectivity index (χ0n) is 26.6. The smallest absolute Gasteiger partial charge is 0.221 e. The van der Waals surface area contributed by atoms with Crippen LogP contribution in [0.1, 0.15) is 51.4 Å². The molecular weight excluding hydrogens is 687 g/mol. The van der Waals surface area contributed by atoms with Gasteiger partial charge in [0, 0.05) is 57.5 Å². The second-order valence-corrected chi connectivity index (χ2v) is 15.2. The van der Waals surface area contributed by atoms with Crippen LogP contribution < -0.4 is 22.1 Å². The van der Waals surface area contributed by atoms with E-state index in [1.54, 1.807) is 35.9 Å². The van der Waals surface area contributed by atoms with Gasteiger partial charge >= 0.3 is 0 Å². The highest BCUT2D eigenvalue weighted by Gasteiger charge is 2.24. The molecule has 0 aliphatic heterocycles. The molecule has 2 heterocycles. The van der Waals surface area contributed by atoms with Crippen molar-refractivity contribution in [3.05, 3.63) is 71.0 Å². The number of aliphatic hydroxyl groups excluding tert-OH is 2. The van der Waals surface area contributed by atoms with E-state index in [0.717, 1.165) is 82.6 Å². The standard InChI is InChI=1S/2C17H21ClN4OS/c18-12-3-7-14(8-4-12)24-15-9-20-17(19)22-16(15)21-13-5-1-11(10-23)2-6-13;18-12-4-6-14(7-5-12)24-15-9-20-17(19)22-16(15)21-13-3-1-2-11(8-13)10-23/h3-4,7-9,11,13,23H,1-2,5-6,10H2,(H3,19,20,21,22);4-7,9,11,13,23H,1-3,8,10H2,(H3,19,20,21,22)/t;11-,13-/m.0/s1. The van der Waals surface area contributed by atoms with E-state index < -0.39 is 0 Å². The zero-order chi connectivity index (χ0) is 33.9. The maximum atomic E-state index is 9.40. The second-order valence-electron chi connectivity index (χ2n) is 12.1. The molecule has 256 valence electrons. The lowest BCUT2D eigenvalue weighted by Gasteiger charge is -2.29. The van der Waals surface area contributed by atoms with Crippen LogP contribution in [0.2, 0.25) is 10.0 Å². The first-order chi connectivity index (χ1) is 23.3. The van der Waals surface area contributed by atoms with Crippen LogP contribution in [0, 0.1) is 11.8 Å². The molecule has 2 aromatic carbocycles. The zero-order valence-corrected chi connectivity index (χ0v) is 29.7. The van der Waals surface area contributed by atoms with Crippen molar-refractivity contribution in [3.8, 4) is 0 Å². The van der Waals surface area contributed by atoms with Gasteiger partial charge in [-0.3, -0.25) is 0 Å². The number of nitrogens with two attached hydrogens (primary N) is 2. The van der Waals surface area contributed by atoms with Crippen LogP contribution in [-0.2, 0) is 0 Å². The van der Waals surface area contributed by atoms with Gasteiger partial charge in [-0.25, -0.2) is 9.97 Å². The second kappa shape index (κ2) is 18.1. The fourth-order valence-corrected chi connectivity index (χ4v) is 7.77. The molecule has 0 radical (unpaired) electrons. The molecule has 10 nitrogen and oxygen atoms in total. The van der Waals surface area contributed by atoms with E-state index in [1.807, 2.05) is 48.5 Å². The van der Waals surface area contributed by atoms with Gasteiger partial charge in [0.05, 0.1) is 9.79 Å². The van der Waals surface area contributed by atoms with Crippen LogP contribution in [0.4, 0.5) is 23.5 Å². The van der Waals surface area contributed by atoms with Crippen molar-refractivity contribution in [2.75, 3.05) is 35.3 Å². The predicted octanol–water partition coefficient (Wildman–Crippen LogP) is 7.65. The predicted molar refractivity (Wildman–Crippen MR) is 197 cm³/mol. The van der Waals surface area contributed by atoms with Gasteiger partial charge in [0.1, 0.15) is 11.6 Å². The molecule has 0 unspecified atom stereocenters. The minimum absolute atomic E-state index is 0.247. The first-order valence-electron chi connectivity index (χ1n) is 16.1. The summed E-state index contributed by atoms with van der Waals surface area (Å²) in [6, 6.07) is 16.0. The number of nitrogens with one attached hydrogen (secondary N) is 2. The van der Waals surface area contributed by atoms with Gasteiger partial charge in [0.15, 0.2) is 0 Å². The Hall–Kier alpha value is -3.00. The van der Waals surface area contributed by atoms with Crippen molar-refractivity contribution in [1.82, 2.24) is 19.9 Å². The summed E-state index contributed by atoms with van der Waals surface area (Å²) in [5.41, 5.74) is 11.5. The van der Waals surface area contributed by atoms with Crippen molar-refractivity contribution < 1.29 is 10.2 Å². The number of hydrogen-bond donors (Lipinski definition) is 6. The molecule has 2 atom stereocenters. The SMILES string of the molecule is Nc1ncc(Sc2ccc(Cl)cc2)c(NC2CCC(CO)CC2)n1.Nc1ncc(Sc2ccc(Cl)cc2)c(N[C@H]2CCC[C@H](CO)C2)n1. The number of nitrogens with zero attached hydrogens (tertiary/aromatic N) is 4. The number of rotatable bonds is 10. The van der Waals surface area contributed by atoms with Gasteiger partial charge in [-0.05, 0) is 105 Å². The summed E-state index contributed by atoms with van der Waals surface area (Å²) in [6.07, 6.45) is 11.9. The van der Waals surface area contributed by atoms with Crippen LogP contribution in [0.5, 0.6) is 0 Å².